The molecule has 1 unspecified atom stereocenters. The Morgan fingerprint density at radius 1 is 1.45 bits per heavy atom. The van der Waals surface area contributed by atoms with Crippen LogP contribution in [-0.4, -0.2) is 27.1 Å². The van der Waals surface area contributed by atoms with E-state index in [-0.39, 0.29) is 17.4 Å². The van der Waals surface area contributed by atoms with Gasteiger partial charge in [0.2, 0.25) is 10.0 Å². The maximum absolute atomic E-state index is 13.7. The molecule has 1 fully saturated rings. The lowest BCUT2D eigenvalue weighted by Gasteiger charge is -2.29. The molecule has 0 radical (unpaired) electrons. The second-order valence-electron chi connectivity index (χ2n) is 5.47. The Hall–Kier alpha value is -1.32. The number of benzene rings is 1. The minimum Gasteiger partial charge on any atom is -0.432 e. The van der Waals surface area contributed by atoms with Crippen molar-refractivity contribution in [3.8, 4) is 5.75 Å². The maximum atomic E-state index is 13.7. The van der Waals surface area contributed by atoms with Crippen LogP contribution in [0.5, 0.6) is 5.75 Å². The lowest BCUT2D eigenvalue weighted by molar-refractivity contribution is -0.0522. The first-order valence-corrected chi connectivity index (χ1v) is 8.14. The van der Waals surface area contributed by atoms with Crippen LogP contribution in [0.1, 0.15) is 19.8 Å². The van der Waals surface area contributed by atoms with Gasteiger partial charge in [0.25, 0.3) is 0 Å². The van der Waals surface area contributed by atoms with Crippen molar-refractivity contribution >= 4 is 10.0 Å². The number of sulfonamides is 1. The maximum Gasteiger partial charge on any atom is 0.387 e. The van der Waals surface area contributed by atoms with Crippen LogP contribution in [0.4, 0.5) is 13.2 Å². The van der Waals surface area contributed by atoms with Gasteiger partial charge in [-0.3, -0.25) is 0 Å². The number of alkyl halides is 2. The second kappa shape index (κ2) is 6.05. The fourth-order valence-electron chi connectivity index (χ4n) is 2.22. The first-order chi connectivity index (χ1) is 10.2. The molecule has 2 rings (SSSR count). The van der Waals surface area contributed by atoms with Crippen molar-refractivity contribution in [1.29, 1.82) is 0 Å². The number of hydrogen-bond acceptors (Lipinski definition) is 4. The molecule has 1 aromatic rings. The van der Waals surface area contributed by atoms with Crippen LogP contribution in [0, 0.1) is 11.7 Å². The van der Waals surface area contributed by atoms with E-state index in [1.165, 1.54) is 0 Å². The normalized spacial score (nSPS) is 18.3. The average molecular weight is 338 g/mol. The zero-order chi connectivity index (χ0) is 16.5. The minimum atomic E-state index is -4.02. The standard InChI is InChI=1S/C13H17F3N2O3S/c1-13(7-17,8-2-3-8)18-22(19,20)9-4-5-11(10(14)6-9)21-12(15)16/h4-6,8,12,18H,2-3,7,17H2,1H3. The van der Waals surface area contributed by atoms with E-state index in [9.17, 15) is 21.6 Å². The van der Waals surface area contributed by atoms with E-state index in [0.717, 1.165) is 25.0 Å². The highest BCUT2D eigenvalue weighted by atomic mass is 32.2. The summed E-state index contributed by atoms with van der Waals surface area (Å²) in [5.74, 6) is -1.75. The highest BCUT2D eigenvalue weighted by Gasteiger charge is 2.43. The Morgan fingerprint density at radius 3 is 2.55 bits per heavy atom. The average Bonchev–Trinajstić information content (AvgIpc) is 3.24. The van der Waals surface area contributed by atoms with E-state index in [1.54, 1.807) is 6.92 Å². The van der Waals surface area contributed by atoms with Gasteiger partial charge in [0, 0.05) is 12.1 Å². The molecule has 1 aliphatic rings. The summed E-state index contributed by atoms with van der Waals surface area (Å²) in [7, 11) is -4.02. The molecule has 1 aromatic carbocycles. The van der Waals surface area contributed by atoms with Crippen molar-refractivity contribution in [2.45, 2.75) is 36.8 Å². The van der Waals surface area contributed by atoms with Crippen molar-refractivity contribution in [2.24, 2.45) is 11.7 Å². The summed E-state index contributed by atoms with van der Waals surface area (Å²) < 4.78 is 68.8. The Labute approximate surface area is 126 Å². The van der Waals surface area contributed by atoms with Gasteiger partial charge in [0.05, 0.1) is 4.90 Å². The lowest BCUT2D eigenvalue weighted by Crippen LogP contribution is -2.52. The predicted molar refractivity (Wildman–Crippen MR) is 73.5 cm³/mol. The number of nitrogens with two attached hydrogens (primary N) is 1. The van der Waals surface area contributed by atoms with Gasteiger partial charge in [-0.2, -0.15) is 8.78 Å². The molecule has 0 bridgehead atoms. The second-order valence-corrected chi connectivity index (χ2v) is 7.15. The highest BCUT2D eigenvalue weighted by Crippen LogP contribution is 2.39. The van der Waals surface area contributed by atoms with Crippen molar-refractivity contribution in [3.63, 3.8) is 0 Å². The minimum absolute atomic E-state index is 0.103. The molecule has 0 aromatic heterocycles. The van der Waals surface area contributed by atoms with Gasteiger partial charge in [0.15, 0.2) is 11.6 Å². The summed E-state index contributed by atoms with van der Waals surface area (Å²) in [5, 5.41) is 0. The van der Waals surface area contributed by atoms with Crippen LogP contribution >= 0.6 is 0 Å². The van der Waals surface area contributed by atoms with Crippen LogP contribution in [0.25, 0.3) is 0 Å². The van der Waals surface area contributed by atoms with E-state index in [2.05, 4.69) is 9.46 Å². The molecule has 3 N–H and O–H groups in total. The summed E-state index contributed by atoms with van der Waals surface area (Å²) in [5.41, 5.74) is 4.83. The summed E-state index contributed by atoms with van der Waals surface area (Å²) in [6.45, 7) is -1.40. The zero-order valence-electron chi connectivity index (χ0n) is 11.9. The van der Waals surface area contributed by atoms with Crippen molar-refractivity contribution < 1.29 is 26.3 Å². The van der Waals surface area contributed by atoms with E-state index < -0.39 is 33.7 Å². The van der Waals surface area contributed by atoms with E-state index in [0.29, 0.717) is 6.07 Å². The molecule has 0 saturated heterocycles. The van der Waals surface area contributed by atoms with Crippen molar-refractivity contribution in [1.82, 2.24) is 4.72 Å². The van der Waals surface area contributed by atoms with Gasteiger partial charge in [-0.15, -0.1) is 0 Å². The Morgan fingerprint density at radius 2 is 2.09 bits per heavy atom. The van der Waals surface area contributed by atoms with Crippen LogP contribution < -0.4 is 15.2 Å². The van der Waals surface area contributed by atoms with E-state index in [4.69, 9.17) is 5.73 Å². The van der Waals surface area contributed by atoms with Crippen LogP contribution in [0.15, 0.2) is 23.1 Å². The summed E-state index contributed by atoms with van der Waals surface area (Å²) in [6.07, 6.45) is 1.73. The summed E-state index contributed by atoms with van der Waals surface area (Å²) >= 11 is 0. The van der Waals surface area contributed by atoms with Gasteiger partial charge in [-0.1, -0.05) is 0 Å². The van der Waals surface area contributed by atoms with Crippen molar-refractivity contribution in [2.75, 3.05) is 6.54 Å². The first kappa shape index (κ1) is 17.0. The molecule has 0 amide bonds. The predicted octanol–water partition coefficient (Wildman–Crippen LogP) is 1.83. The van der Waals surface area contributed by atoms with E-state index in [1.807, 2.05) is 0 Å². The molecule has 0 spiro atoms. The molecular formula is C13H17F3N2O3S. The fourth-order valence-corrected chi connectivity index (χ4v) is 3.71. The Balaban J connectivity index is 2.24. The number of hydrogen-bond donors (Lipinski definition) is 2. The van der Waals surface area contributed by atoms with Gasteiger partial charge >= 0.3 is 6.61 Å². The number of rotatable bonds is 7. The molecule has 22 heavy (non-hydrogen) atoms. The molecule has 5 nitrogen and oxygen atoms in total. The largest absolute Gasteiger partial charge is 0.432 e. The fraction of sp³-hybridized carbons (Fsp3) is 0.538. The van der Waals surface area contributed by atoms with Crippen LogP contribution in [0.2, 0.25) is 0 Å². The monoisotopic (exact) mass is 338 g/mol. The van der Waals surface area contributed by atoms with E-state index >= 15 is 0 Å². The summed E-state index contributed by atoms with van der Waals surface area (Å²) in [4.78, 5) is -0.369. The number of halogens is 3. The number of ether oxygens (including phenoxy) is 1. The van der Waals surface area contributed by atoms with Gasteiger partial charge in [-0.25, -0.2) is 17.5 Å². The quantitative estimate of drug-likeness (QED) is 0.795. The summed E-state index contributed by atoms with van der Waals surface area (Å²) in [6, 6.07) is 2.50. The molecule has 1 atom stereocenters. The highest BCUT2D eigenvalue weighted by molar-refractivity contribution is 7.89. The molecule has 0 aliphatic heterocycles. The Bertz CT molecular complexity index is 650. The smallest absolute Gasteiger partial charge is 0.387 e. The molecule has 9 heteroatoms. The van der Waals surface area contributed by atoms with Crippen LogP contribution in [-0.2, 0) is 10.0 Å². The zero-order valence-corrected chi connectivity index (χ0v) is 12.7. The third-order valence-electron chi connectivity index (χ3n) is 3.70. The molecule has 1 saturated carbocycles. The Kier molecular flexibility index (Phi) is 4.69. The topological polar surface area (TPSA) is 81.4 Å². The lowest BCUT2D eigenvalue weighted by atomic mass is 9.98. The first-order valence-electron chi connectivity index (χ1n) is 6.66. The van der Waals surface area contributed by atoms with Crippen molar-refractivity contribution in [3.05, 3.63) is 24.0 Å². The van der Waals surface area contributed by atoms with Gasteiger partial charge in [-0.05, 0) is 43.9 Å². The SMILES string of the molecule is CC(CN)(NS(=O)(=O)c1ccc(OC(F)F)c(F)c1)C1CC1. The molecule has 1 aliphatic carbocycles. The molecule has 0 heterocycles. The van der Waals surface area contributed by atoms with Gasteiger partial charge < -0.3 is 10.5 Å². The number of nitrogens with one attached hydrogen (secondary N) is 1. The van der Waals surface area contributed by atoms with Gasteiger partial charge in [0.1, 0.15) is 0 Å². The third kappa shape index (κ3) is 3.71. The molecular weight excluding hydrogens is 321 g/mol. The van der Waals surface area contributed by atoms with Crippen LogP contribution in [0.3, 0.4) is 0 Å². The molecule has 124 valence electrons. The third-order valence-corrected chi connectivity index (χ3v) is 5.31.